The minimum atomic E-state index is -0.711. The first-order chi connectivity index (χ1) is 22.1. The van der Waals surface area contributed by atoms with Crippen LogP contribution in [0.1, 0.15) is 49.8 Å². The number of pyridine rings is 1. The van der Waals surface area contributed by atoms with Crippen LogP contribution >= 0.6 is 0 Å². The van der Waals surface area contributed by atoms with Gasteiger partial charge in [-0.3, -0.25) is 4.68 Å². The molecule has 0 saturated carbocycles. The molecule has 1 aliphatic heterocycles. The third kappa shape index (κ3) is 7.15. The van der Waals surface area contributed by atoms with Crippen LogP contribution < -0.4 is 9.47 Å². The molecule has 9 heteroatoms. The lowest BCUT2D eigenvalue weighted by Crippen LogP contribution is -2.47. The van der Waals surface area contributed by atoms with Gasteiger partial charge in [0.25, 0.3) is 0 Å². The Balaban J connectivity index is 1.26. The van der Waals surface area contributed by atoms with Crippen molar-refractivity contribution in [2.24, 2.45) is 7.05 Å². The number of benzene rings is 3. The minimum absolute atomic E-state index is 0.117. The van der Waals surface area contributed by atoms with Crippen molar-refractivity contribution >= 4 is 17.0 Å². The van der Waals surface area contributed by atoms with E-state index in [1.807, 2.05) is 117 Å². The number of carbonyl (C=O) groups excluding carboxylic acids is 1. The molecule has 5 aromatic rings. The van der Waals surface area contributed by atoms with Crippen LogP contribution in [0.4, 0.5) is 4.79 Å². The van der Waals surface area contributed by atoms with E-state index in [0.29, 0.717) is 37.9 Å². The number of nitrogens with zero attached hydrogens (tertiary/aromatic N) is 4. The minimum Gasteiger partial charge on any atom is -0.473 e. The van der Waals surface area contributed by atoms with Crippen LogP contribution in [-0.4, -0.2) is 55.7 Å². The summed E-state index contributed by atoms with van der Waals surface area (Å²) in [5.41, 5.74) is 4.92. The number of fused-ring (bicyclic) bond motifs is 1. The number of β-amino-alcohol motifs (C(OH)–C–C–N with tert-alkyl or cyclic N) is 1. The maximum absolute atomic E-state index is 12.6. The van der Waals surface area contributed by atoms with Gasteiger partial charge in [0.2, 0.25) is 11.8 Å². The van der Waals surface area contributed by atoms with E-state index in [1.165, 1.54) is 0 Å². The normalized spacial score (nSPS) is 16.8. The average Bonchev–Trinajstić information content (AvgIpc) is 3.38. The van der Waals surface area contributed by atoms with Gasteiger partial charge in [0.15, 0.2) is 0 Å². The number of rotatable bonds is 8. The summed E-state index contributed by atoms with van der Waals surface area (Å²) >= 11 is 0. The van der Waals surface area contributed by atoms with Crippen molar-refractivity contribution in [3.8, 4) is 23.0 Å². The number of aromatic nitrogens is 3. The highest BCUT2D eigenvalue weighted by molar-refractivity contribution is 5.95. The van der Waals surface area contributed by atoms with Crippen molar-refractivity contribution in [2.75, 3.05) is 13.1 Å². The van der Waals surface area contributed by atoms with E-state index in [9.17, 15) is 9.90 Å². The molecular weight excluding hydrogens is 580 g/mol. The molecule has 238 valence electrons. The predicted octanol–water partition coefficient (Wildman–Crippen LogP) is 6.88. The maximum Gasteiger partial charge on any atom is 0.410 e. The Labute approximate surface area is 269 Å². The van der Waals surface area contributed by atoms with Gasteiger partial charge in [-0.25, -0.2) is 4.79 Å². The monoisotopic (exact) mass is 620 g/mol. The van der Waals surface area contributed by atoms with Crippen molar-refractivity contribution in [2.45, 2.75) is 58.0 Å². The maximum atomic E-state index is 12.6. The SMILES string of the molecule is Cn1nc(-c2ccc(OCc3ccccc3)nc2OCc2ccccc2)c2ccc([C@H]3CCN(C(=O)OC(C)(C)C)C[C@@H]3O)cc21. The van der Waals surface area contributed by atoms with Gasteiger partial charge >= 0.3 is 6.09 Å². The molecule has 6 rings (SSSR count). The molecule has 3 heterocycles. The molecular formula is C37H40N4O5. The number of likely N-dealkylation sites (tertiary alicyclic amines) is 1. The number of carbonyl (C=O) groups is 1. The van der Waals surface area contributed by atoms with Crippen LogP contribution in [0.15, 0.2) is 91.0 Å². The fraction of sp³-hybridized carbons (Fsp3) is 0.324. The number of aliphatic hydroxyl groups excluding tert-OH is 1. The summed E-state index contributed by atoms with van der Waals surface area (Å²) in [4.78, 5) is 19.0. The van der Waals surface area contributed by atoms with E-state index in [0.717, 1.165) is 38.9 Å². The number of aryl methyl sites for hydroxylation is 1. The molecule has 1 aliphatic rings. The van der Waals surface area contributed by atoms with Crippen LogP contribution in [0.5, 0.6) is 11.8 Å². The van der Waals surface area contributed by atoms with E-state index in [2.05, 4.69) is 6.07 Å². The van der Waals surface area contributed by atoms with E-state index < -0.39 is 17.8 Å². The standard InChI is InChI=1S/C37H40N4O5/c1-37(2,3)46-36(43)41-20-19-28(32(42)22-41)27-15-16-29-31(21-27)40(4)39-34(29)30-17-18-33(44-23-25-11-7-5-8-12-25)38-35(30)45-24-26-13-9-6-10-14-26/h5-18,21,28,32,42H,19-20,22-24H2,1-4H3/t28-,32+/m1/s1. The second-order valence-corrected chi connectivity index (χ2v) is 12.7. The number of amides is 1. The second-order valence-electron chi connectivity index (χ2n) is 12.7. The smallest absolute Gasteiger partial charge is 0.410 e. The molecule has 0 unspecified atom stereocenters. The van der Waals surface area contributed by atoms with Gasteiger partial charge in [-0.2, -0.15) is 10.1 Å². The summed E-state index contributed by atoms with van der Waals surface area (Å²) in [6, 6.07) is 29.9. The lowest BCUT2D eigenvalue weighted by atomic mass is 9.86. The van der Waals surface area contributed by atoms with Crippen LogP contribution in [0.3, 0.4) is 0 Å². The fourth-order valence-electron chi connectivity index (χ4n) is 5.77. The summed E-state index contributed by atoms with van der Waals surface area (Å²) < 4.78 is 19.7. The summed E-state index contributed by atoms with van der Waals surface area (Å²) in [5, 5.41) is 16.9. The van der Waals surface area contributed by atoms with E-state index in [4.69, 9.17) is 24.3 Å². The highest BCUT2D eigenvalue weighted by Gasteiger charge is 2.33. The molecule has 1 fully saturated rings. The molecule has 2 aromatic heterocycles. The zero-order chi connectivity index (χ0) is 32.3. The summed E-state index contributed by atoms with van der Waals surface area (Å²) in [6.45, 7) is 7.00. The van der Waals surface area contributed by atoms with Crippen LogP contribution in [0.25, 0.3) is 22.2 Å². The zero-order valence-corrected chi connectivity index (χ0v) is 26.7. The molecule has 0 aliphatic carbocycles. The highest BCUT2D eigenvalue weighted by atomic mass is 16.6. The number of hydrogen-bond acceptors (Lipinski definition) is 7. The number of aliphatic hydroxyl groups is 1. The molecule has 9 nitrogen and oxygen atoms in total. The topological polar surface area (TPSA) is 98.9 Å². The Bertz CT molecular complexity index is 1800. The fourth-order valence-corrected chi connectivity index (χ4v) is 5.77. The molecule has 1 N–H and O–H groups in total. The lowest BCUT2D eigenvalue weighted by molar-refractivity contribution is -0.00151. The Kier molecular flexibility index (Phi) is 8.94. The number of ether oxygens (including phenoxy) is 3. The molecule has 0 spiro atoms. The summed E-state index contributed by atoms with van der Waals surface area (Å²) in [6.07, 6.45) is -0.480. The lowest BCUT2D eigenvalue weighted by Gasteiger charge is -2.37. The quantitative estimate of drug-likeness (QED) is 0.202. The molecule has 0 bridgehead atoms. The van der Waals surface area contributed by atoms with Gasteiger partial charge in [-0.15, -0.1) is 0 Å². The Morgan fingerprint density at radius 3 is 2.24 bits per heavy atom. The molecule has 0 radical (unpaired) electrons. The third-order valence-electron chi connectivity index (χ3n) is 8.08. The van der Waals surface area contributed by atoms with Crippen LogP contribution in [0.2, 0.25) is 0 Å². The molecule has 2 atom stereocenters. The highest BCUT2D eigenvalue weighted by Crippen LogP contribution is 2.37. The molecule has 1 amide bonds. The van der Waals surface area contributed by atoms with Crippen LogP contribution in [0, 0.1) is 0 Å². The van der Waals surface area contributed by atoms with E-state index >= 15 is 0 Å². The van der Waals surface area contributed by atoms with Gasteiger partial charge in [-0.05, 0) is 56.0 Å². The number of piperidine rings is 1. The first-order valence-electron chi connectivity index (χ1n) is 15.6. The molecule has 1 saturated heterocycles. The second kappa shape index (κ2) is 13.2. The third-order valence-corrected chi connectivity index (χ3v) is 8.08. The Hall–Kier alpha value is -4.89. The zero-order valence-electron chi connectivity index (χ0n) is 26.7. The Morgan fingerprint density at radius 1 is 0.913 bits per heavy atom. The number of hydrogen-bond donors (Lipinski definition) is 1. The summed E-state index contributed by atoms with van der Waals surface area (Å²) in [7, 11) is 1.91. The van der Waals surface area contributed by atoms with Crippen molar-refractivity contribution in [3.05, 3.63) is 108 Å². The van der Waals surface area contributed by atoms with Gasteiger partial charge < -0.3 is 24.2 Å². The van der Waals surface area contributed by atoms with Gasteiger partial charge in [-0.1, -0.05) is 72.8 Å². The van der Waals surface area contributed by atoms with E-state index in [1.54, 1.807) is 4.90 Å². The van der Waals surface area contributed by atoms with Crippen molar-refractivity contribution < 1.29 is 24.1 Å². The van der Waals surface area contributed by atoms with Crippen molar-refractivity contribution in [1.29, 1.82) is 0 Å². The largest absolute Gasteiger partial charge is 0.473 e. The summed E-state index contributed by atoms with van der Waals surface area (Å²) in [5.74, 6) is 0.780. The van der Waals surface area contributed by atoms with Crippen molar-refractivity contribution in [3.63, 3.8) is 0 Å². The molecule has 3 aromatic carbocycles. The van der Waals surface area contributed by atoms with Crippen molar-refractivity contribution in [1.82, 2.24) is 19.7 Å². The first-order valence-corrected chi connectivity index (χ1v) is 15.6. The predicted molar refractivity (Wildman–Crippen MR) is 177 cm³/mol. The van der Waals surface area contributed by atoms with E-state index in [-0.39, 0.29) is 12.5 Å². The van der Waals surface area contributed by atoms with Gasteiger partial charge in [0, 0.05) is 31.0 Å². The average molecular weight is 621 g/mol. The van der Waals surface area contributed by atoms with Gasteiger partial charge in [0.1, 0.15) is 24.5 Å². The van der Waals surface area contributed by atoms with Crippen LogP contribution in [-0.2, 0) is 25.0 Å². The van der Waals surface area contributed by atoms with Gasteiger partial charge in [0.05, 0.1) is 23.7 Å². The Morgan fingerprint density at radius 2 is 1.59 bits per heavy atom. The first kappa shape index (κ1) is 31.1. The molecule has 46 heavy (non-hydrogen) atoms.